The molecule has 1 aliphatic heterocycles. The van der Waals surface area contributed by atoms with Crippen LogP contribution >= 0.6 is 0 Å². The number of pyridine rings is 1. The molecule has 1 fully saturated rings. The van der Waals surface area contributed by atoms with E-state index in [0.717, 1.165) is 37.9 Å². The summed E-state index contributed by atoms with van der Waals surface area (Å²) in [6.07, 6.45) is -4.62. The summed E-state index contributed by atoms with van der Waals surface area (Å²) < 4.78 is 44.3. The molecule has 1 saturated heterocycles. The van der Waals surface area contributed by atoms with Gasteiger partial charge >= 0.3 is 6.18 Å². The number of anilines is 1. The van der Waals surface area contributed by atoms with Gasteiger partial charge in [-0.05, 0) is 24.3 Å². The smallest absolute Gasteiger partial charge is 0.416 e. The van der Waals surface area contributed by atoms with Crippen LogP contribution in [0.3, 0.4) is 0 Å². The molecule has 1 aliphatic rings. The molecule has 2 aromatic heterocycles. The van der Waals surface area contributed by atoms with E-state index in [1.165, 1.54) is 0 Å². The molecular formula is C17H15F3N4O2. The molecule has 26 heavy (non-hydrogen) atoms. The van der Waals surface area contributed by atoms with E-state index in [9.17, 15) is 18.0 Å². The fourth-order valence-corrected chi connectivity index (χ4v) is 2.97. The SMILES string of the molecule is O=c1cc(C(F)(F)F)cc(-c2nc3cc(N4CCNCC4)ccc3o2)[nH]1. The number of aromatic amines is 1. The maximum atomic E-state index is 12.9. The predicted octanol–water partition coefficient (Wildman–Crippen LogP) is 2.61. The third-order valence-corrected chi connectivity index (χ3v) is 4.26. The van der Waals surface area contributed by atoms with Gasteiger partial charge in [-0.2, -0.15) is 13.2 Å². The van der Waals surface area contributed by atoms with Crippen molar-refractivity contribution >= 4 is 16.8 Å². The van der Waals surface area contributed by atoms with Crippen LogP contribution < -0.4 is 15.8 Å². The summed E-state index contributed by atoms with van der Waals surface area (Å²) in [5.74, 6) is -0.0549. The lowest BCUT2D eigenvalue weighted by atomic mass is 10.2. The summed E-state index contributed by atoms with van der Waals surface area (Å²) >= 11 is 0. The van der Waals surface area contributed by atoms with Crippen LogP contribution in [0.4, 0.5) is 18.9 Å². The fraction of sp³-hybridized carbons (Fsp3) is 0.294. The van der Waals surface area contributed by atoms with Gasteiger partial charge in [-0.1, -0.05) is 0 Å². The van der Waals surface area contributed by atoms with Gasteiger partial charge in [0.15, 0.2) is 5.58 Å². The maximum Gasteiger partial charge on any atom is 0.416 e. The van der Waals surface area contributed by atoms with Crippen LogP contribution in [0, 0.1) is 0 Å². The molecule has 1 aromatic carbocycles. The number of hydrogen-bond acceptors (Lipinski definition) is 5. The number of H-pyrrole nitrogens is 1. The van der Waals surface area contributed by atoms with Crippen LogP contribution in [0.15, 0.2) is 39.5 Å². The highest BCUT2D eigenvalue weighted by Crippen LogP contribution is 2.31. The summed E-state index contributed by atoms with van der Waals surface area (Å²) in [6, 6.07) is 6.78. The lowest BCUT2D eigenvalue weighted by Crippen LogP contribution is -2.43. The Morgan fingerprint density at radius 2 is 1.88 bits per heavy atom. The molecule has 0 unspecified atom stereocenters. The van der Waals surface area contributed by atoms with Crippen LogP contribution in [-0.2, 0) is 6.18 Å². The fourth-order valence-electron chi connectivity index (χ4n) is 2.97. The Bertz CT molecular complexity index is 1000. The number of alkyl halides is 3. The van der Waals surface area contributed by atoms with Crippen LogP contribution in [0.25, 0.3) is 22.7 Å². The Morgan fingerprint density at radius 3 is 2.62 bits per heavy atom. The molecule has 2 N–H and O–H groups in total. The third-order valence-electron chi connectivity index (χ3n) is 4.26. The first-order valence-corrected chi connectivity index (χ1v) is 8.08. The number of benzene rings is 1. The number of piperazine rings is 1. The van der Waals surface area contributed by atoms with Crippen molar-refractivity contribution < 1.29 is 17.6 Å². The highest BCUT2D eigenvalue weighted by Gasteiger charge is 2.32. The number of halogens is 3. The molecule has 0 spiro atoms. The second kappa shape index (κ2) is 6.17. The number of rotatable bonds is 2. The molecule has 136 valence electrons. The molecule has 0 bridgehead atoms. The van der Waals surface area contributed by atoms with E-state index in [1.807, 2.05) is 12.1 Å². The molecule has 0 atom stereocenters. The van der Waals surface area contributed by atoms with Crippen molar-refractivity contribution in [2.24, 2.45) is 0 Å². The summed E-state index contributed by atoms with van der Waals surface area (Å²) in [4.78, 5) is 20.4. The molecule has 9 heteroatoms. The van der Waals surface area contributed by atoms with Crippen molar-refractivity contribution in [3.8, 4) is 11.6 Å². The van der Waals surface area contributed by atoms with Gasteiger partial charge in [0.2, 0.25) is 11.4 Å². The lowest BCUT2D eigenvalue weighted by Gasteiger charge is -2.29. The molecule has 3 aromatic rings. The van der Waals surface area contributed by atoms with Crippen LogP contribution in [0.2, 0.25) is 0 Å². The maximum absolute atomic E-state index is 12.9. The number of nitrogens with zero attached hydrogens (tertiary/aromatic N) is 2. The van der Waals surface area contributed by atoms with Gasteiger partial charge in [0.05, 0.1) is 5.56 Å². The van der Waals surface area contributed by atoms with E-state index in [1.54, 1.807) is 6.07 Å². The molecule has 0 aliphatic carbocycles. The Balaban J connectivity index is 1.74. The molecular weight excluding hydrogens is 349 g/mol. The Labute approximate surface area is 145 Å². The molecule has 0 saturated carbocycles. The minimum absolute atomic E-state index is 0.0549. The first kappa shape index (κ1) is 16.6. The normalized spacial score (nSPS) is 15.6. The Hall–Kier alpha value is -2.81. The molecule has 4 rings (SSSR count). The largest absolute Gasteiger partial charge is 0.435 e. The van der Waals surface area contributed by atoms with E-state index >= 15 is 0 Å². The van der Waals surface area contributed by atoms with Crippen molar-refractivity contribution in [1.29, 1.82) is 0 Å². The van der Waals surface area contributed by atoms with Gasteiger partial charge in [0, 0.05) is 37.9 Å². The summed E-state index contributed by atoms with van der Waals surface area (Å²) in [6.45, 7) is 3.48. The van der Waals surface area contributed by atoms with Gasteiger partial charge in [0.25, 0.3) is 0 Å². The number of aromatic nitrogens is 2. The van der Waals surface area contributed by atoms with E-state index < -0.39 is 17.3 Å². The zero-order valence-corrected chi connectivity index (χ0v) is 13.6. The highest BCUT2D eigenvalue weighted by atomic mass is 19.4. The standard InChI is InChI=1S/C17H15F3N4O2/c18-17(19,20)10-7-13(22-15(25)8-10)16-23-12-9-11(1-2-14(12)26-16)24-5-3-21-4-6-24/h1-2,7-9,21H,3-6H2,(H,22,25). The van der Waals surface area contributed by atoms with E-state index in [-0.39, 0.29) is 11.6 Å². The van der Waals surface area contributed by atoms with Crippen LogP contribution in [-0.4, -0.2) is 36.1 Å². The zero-order chi connectivity index (χ0) is 18.3. The average Bonchev–Trinajstić information content (AvgIpc) is 3.04. The summed E-state index contributed by atoms with van der Waals surface area (Å²) in [5, 5.41) is 3.27. The second-order valence-corrected chi connectivity index (χ2v) is 6.05. The van der Waals surface area contributed by atoms with E-state index in [2.05, 4.69) is 20.2 Å². The van der Waals surface area contributed by atoms with Crippen molar-refractivity contribution in [3.63, 3.8) is 0 Å². The van der Waals surface area contributed by atoms with Gasteiger partial charge < -0.3 is 19.6 Å². The van der Waals surface area contributed by atoms with Gasteiger partial charge in [-0.3, -0.25) is 4.79 Å². The van der Waals surface area contributed by atoms with Crippen LogP contribution in [0.5, 0.6) is 0 Å². The highest BCUT2D eigenvalue weighted by molar-refractivity contribution is 5.80. The average molecular weight is 364 g/mol. The third kappa shape index (κ3) is 3.17. The first-order chi connectivity index (χ1) is 12.4. The van der Waals surface area contributed by atoms with Crippen molar-refractivity contribution in [1.82, 2.24) is 15.3 Å². The molecule has 0 radical (unpaired) electrons. The molecule has 6 nitrogen and oxygen atoms in total. The van der Waals surface area contributed by atoms with Gasteiger partial charge in [0.1, 0.15) is 11.2 Å². The van der Waals surface area contributed by atoms with Gasteiger partial charge in [-0.25, -0.2) is 4.98 Å². The van der Waals surface area contributed by atoms with Crippen molar-refractivity contribution in [2.45, 2.75) is 6.18 Å². The summed E-state index contributed by atoms with van der Waals surface area (Å²) in [5.41, 5.74) is -0.0776. The zero-order valence-electron chi connectivity index (χ0n) is 13.6. The van der Waals surface area contributed by atoms with E-state index in [4.69, 9.17) is 4.42 Å². The minimum atomic E-state index is -4.62. The topological polar surface area (TPSA) is 74.2 Å². The minimum Gasteiger partial charge on any atom is -0.435 e. The Kier molecular flexibility index (Phi) is 3.95. The van der Waals surface area contributed by atoms with Crippen molar-refractivity contribution in [3.05, 3.63) is 46.2 Å². The number of oxazole rings is 1. The number of fused-ring (bicyclic) bond motifs is 1. The number of nitrogens with one attached hydrogen (secondary N) is 2. The Morgan fingerprint density at radius 1 is 1.12 bits per heavy atom. The van der Waals surface area contributed by atoms with E-state index in [0.29, 0.717) is 17.2 Å². The first-order valence-electron chi connectivity index (χ1n) is 8.08. The van der Waals surface area contributed by atoms with Crippen LogP contribution in [0.1, 0.15) is 5.56 Å². The molecule has 3 heterocycles. The van der Waals surface area contributed by atoms with Crippen molar-refractivity contribution in [2.75, 3.05) is 31.1 Å². The summed E-state index contributed by atoms with van der Waals surface area (Å²) in [7, 11) is 0. The lowest BCUT2D eigenvalue weighted by molar-refractivity contribution is -0.137. The number of hydrogen-bond donors (Lipinski definition) is 2. The molecule has 0 amide bonds. The predicted molar refractivity (Wildman–Crippen MR) is 90.2 cm³/mol. The quantitative estimate of drug-likeness (QED) is 0.731. The van der Waals surface area contributed by atoms with Gasteiger partial charge in [-0.15, -0.1) is 0 Å². The monoisotopic (exact) mass is 364 g/mol. The second-order valence-electron chi connectivity index (χ2n) is 6.05.